The Bertz CT molecular complexity index is 329. The third-order valence-corrected chi connectivity index (χ3v) is 11.5. The summed E-state index contributed by atoms with van der Waals surface area (Å²) in [6.07, 6.45) is 9.84. The van der Waals surface area contributed by atoms with Gasteiger partial charge < -0.3 is 4.57 Å². The summed E-state index contributed by atoms with van der Waals surface area (Å²) < 4.78 is 2.17. The number of nitrogens with zero attached hydrogens (tertiary/aromatic N) is 2. The molecule has 0 saturated carbocycles. The average Bonchev–Trinajstić information content (AvgIpc) is 2.70. The summed E-state index contributed by atoms with van der Waals surface area (Å²) in [6, 6.07) is 2.58. The number of imidazole rings is 1. The molecule has 90 valence electrons. The number of aromatic nitrogens is 2. The Kier molecular flexibility index (Phi) is 3.45. The topological polar surface area (TPSA) is 17.8 Å². The minimum Gasteiger partial charge on any atom is -0.337 e. The highest BCUT2D eigenvalue weighted by Crippen LogP contribution is 2.50. The maximum absolute atomic E-state index is 6.99. The second-order valence-electron chi connectivity index (χ2n) is 5.64. The Morgan fingerprint density at radius 3 is 2.56 bits per heavy atom. The fraction of sp³-hybridized carbons (Fsp3) is 0.750. The molecule has 0 spiro atoms. The van der Waals surface area contributed by atoms with Crippen molar-refractivity contribution in [3.05, 3.63) is 18.7 Å². The van der Waals surface area contributed by atoms with Crippen LogP contribution in [-0.4, -0.2) is 16.9 Å². The quantitative estimate of drug-likeness (QED) is 0.590. The molecule has 0 amide bonds. The van der Waals surface area contributed by atoms with Gasteiger partial charge in [0.05, 0.1) is 6.33 Å². The SMILES string of the molecule is CC(C)(Cn1ccnc1)[Si]1(Cl)CCCCC1. The molecule has 0 atom stereocenters. The van der Waals surface area contributed by atoms with Crippen LogP contribution in [0.15, 0.2) is 18.7 Å². The Labute approximate surface area is 104 Å². The molecule has 2 heterocycles. The van der Waals surface area contributed by atoms with E-state index >= 15 is 0 Å². The highest BCUT2D eigenvalue weighted by Gasteiger charge is 2.46. The summed E-state index contributed by atoms with van der Waals surface area (Å²) in [5.74, 6) is 0. The van der Waals surface area contributed by atoms with Crippen molar-refractivity contribution in [2.75, 3.05) is 0 Å². The molecule has 16 heavy (non-hydrogen) atoms. The molecule has 1 aliphatic rings. The van der Waals surface area contributed by atoms with Crippen molar-refractivity contribution in [2.24, 2.45) is 0 Å². The third-order valence-electron chi connectivity index (χ3n) is 4.00. The van der Waals surface area contributed by atoms with Gasteiger partial charge in [-0.1, -0.05) is 33.1 Å². The van der Waals surface area contributed by atoms with Crippen LogP contribution in [0.1, 0.15) is 33.1 Å². The molecule has 0 unspecified atom stereocenters. The summed E-state index contributed by atoms with van der Waals surface area (Å²) in [5, 5.41) is 0.260. The summed E-state index contributed by atoms with van der Waals surface area (Å²) in [4.78, 5) is 4.11. The first-order chi connectivity index (χ1) is 7.54. The number of hydrogen-bond donors (Lipinski definition) is 0. The van der Waals surface area contributed by atoms with Gasteiger partial charge in [-0.3, -0.25) is 0 Å². The normalized spacial score (nSPS) is 20.9. The van der Waals surface area contributed by atoms with Crippen LogP contribution in [0, 0.1) is 0 Å². The predicted octanol–water partition coefficient (Wildman–Crippen LogP) is 4.03. The van der Waals surface area contributed by atoms with Crippen LogP contribution < -0.4 is 0 Å². The summed E-state index contributed by atoms with van der Waals surface area (Å²) in [6.45, 7) is 5.71. The van der Waals surface area contributed by atoms with Crippen LogP contribution in [0.2, 0.25) is 17.1 Å². The van der Waals surface area contributed by atoms with Gasteiger partial charge in [0.25, 0.3) is 0 Å². The van der Waals surface area contributed by atoms with E-state index in [1.54, 1.807) is 0 Å². The van der Waals surface area contributed by atoms with Crippen molar-refractivity contribution in [3.8, 4) is 0 Å². The number of halogens is 1. The first kappa shape index (κ1) is 12.2. The van der Waals surface area contributed by atoms with E-state index in [2.05, 4.69) is 23.4 Å². The minimum absolute atomic E-state index is 0.260. The molecule has 1 saturated heterocycles. The molecule has 4 heteroatoms. The van der Waals surface area contributed by atoms with E-state index in [9.17, 15) is 0 Å². The Morgan fingerprint density at radius 2 is 2.00 bits per heavy atom. The monoisotopic (exact) mass is 256 g/mol. The lowest BCUT2D eigenvalue weighted by atomic mass is 10.2. The van der Waals surface area contributed by atoms with Gasteiger partial charge >= 0.3 is 0 Å². The van der Waals surface area contributed by atoms with Crippen molar-refractivity contribution >= 4 is 18.5 Å². The molecule has 1 aromatic heterocycles. The highest BCUT2D eigenvalue weighted by molar-refractivity contribution is 7.22. The van der Waals surface area contributed by atoms with Crippen molar-refractivity contribution in [2.45, 2.75) is 56.8 Å². The predicted molar refractivity (Wildman–Crippen MR) is 71.3 cm³/mol. The molecule has 0 N–H and O–H groups in total. The van der Waals surface area contributed by atoms with Gasteiger partial charge in [-0.05, 0) is 17.1 Å². The first-order valence-electron chi connectivity index (χ1n) is 6.18. The first-order valence-corrected chi connectivity index (χ1v) is 9.61. The molecule has 2 nitrogen and oxygen atoms in total. The largest absolute Gasteiger partial charge is 0.337 e. The highest BCUT2D eigenvalue weighted by atomic mass is 35.6. The lowest BCUT2D eigenvalue weighted by molar-refractivity contribution is 0.510. The van der Waals surface area contributed by atoms with Crippen molar-refractivity contribution in [3.63, 3.8) is 0 Å². The van der Waals surface area contributed by atoms with Gasteiger partial charge in [-0.2, -0.15) is 11.1 Å². The van der Waals surface area contributed by atoms with Gasteiger partial charge in [0.2, 0.25) is 0 Å². The number of hydrogen-bond acceptors (Lipinski definition) is 1. The summed E-state index contributed by atoms with van der Waals surface area (Å²) in [5.41, 5.74) is 0. The van der Waals surface area contributed by atoms with Crippen LogP contribution in [0.25, 0.3) is 0 Å². The maximum Gasteiger partial charge on any atom is 0.163 e. The Hall–Kier alpha value is -0.283. The fourth-order valence-corrected chi connectivity index (χ4v) is 7.44. The fourth-order valence-electron chi connectivity index (χ4n) is 2.77. The summed E-state index contributed by atoms with van der Waals surface area (Å²) in [7, 11) is -1.60. The van der Waals surface area contributed by atoms with Gasteiger partial charge in [0.15, 0.2) is 7.38 Å². The van der Waals surface area contributed by atoms with E-state index < -0.39 is 7.38 Å². The molecule has 1 aromatic rings. The molecular formula is C12H21ClN2Si. The zero-order valence-corrected chi connectivity index (χ0v) is 12.0. The smallest absolute Gasteiger partial charge is 0.163 e. The zero-order valence-electron chi connectivity index (χ0n) is 10.2. The maximum atomic E-state index is 6.99. The second kappa shape index (κ2) is 4.53. The van der Waals surface area contributed by atoms with Crippen molar-refractivity contribution in [1.29, 1.82) is 0 Å². The van der Waals surface area contributed by atoms with Crippen LogP contribution in [0.5, 0.6) is 0 Å². The Morgan fingerprint density at radius 1 is 1.31 bits per heavy atom. The molecule has 0 aliphatic carbocycles. The molecule has 0 bridgehead atoms. The van der Waals surface area contributed by atoms with Crippen molar-refractivity contribution in [1.82, 2.24) is 9.55 Å². The van der Waals surface area contributed by atoms with Crippen LogP contribution in [0.3, 0.4) is 0 Å². The van der Waals surface area contributed by atoms with Gasteiger partial charge in [0.1, 0.15) is 0 Å². The van der Waals surface area contributed by atoms with Gasteiger partial charge in [-0.25, -0.2) is 4.98 Å². The molecule has 1 fully saturated rings. The summed E-state index contributed by atoms with van der Waals surface area (Å²) >= 11 is 6.99. The van der Waals surface area contributed by atoms with E-state index in [1.165, 1.54) is 31.4 Å². The molecular weight excluding hydrogens is 236 g/mol. The van der Waals surface area contributed by atoms with Gasteiger partial charge in [0, 0.05) is 18.9 Å². The zero-order chi connectivity index (χ0) is 11.6. The van der Waals surface area contributed by atoms with Crippen LogP contribution in [-0.2, 0) is 6.54 Å². The molecule has 0 radical (unpaired) electrons. The Balaban J connectivity index is 2.10. The minimum atomic E-state index is -1.60. The second-order valence-corrected chi connectivity index (χ2v) is 12.1. The lowest BCUT2D eigenvalue weighted by Gasteiger charge is -2.42. The van der Waals surface area contributed by atoms with E-state index in [0.717, 1.165) is 6.54 Å². The van der Waals surface area contributed by atoms with Crippen molar-refractivity contribution < 1.29 is 0 Å². The number of rotatable bonds is 3. The van der Waals surface area contributed by atoms with Crippen LogP contribution >= 0.6 is 11.1 Å². The average molecular weight is 257 g/mol. The van der Waals surface area contributed by atoms with Crippen LogP contribution in [0.4, 0.5) is 0 Å². The molecule has 1 aliphatic heterocycles. The van der Waals surface area contributed by atoms with E-state index in [4.69, 9.17) is 11.1 Å². The molecule has 2 rings (SSSR count). The van der Waals surface area contributed by atoms with E-state index in [1.807, 2.05) is 18.7 Å². The van der Waals surface area contributed by atoms with E-state index in [0.29, 0.717) is 0 Å². The lowest BCUT2D eigenvalue weighted by Crippen LogP contribution is -2.43. The third kappa shape index (κ3) is 2.35. The van der Waals surface area contributed by atoms with Gasteiger partial charge in [-0.15, -0.1) is 0 Å². The molecule has 0 aromatic carbocycles. The standard InChI is InChI=1S/C12H21ClN2Si/c1-12(2,10-15-7-6-14-11-15)16(13)8-4-3-5-9-16/h6-7,11H,3-5,8-10H2,1-2H3. The van der Waals surface area contributed by atoms with E-state index in [-0.39, 0.29) is 5.04 Å².